The number of anilines is 1. The van der Waals surface area contributed by atoms with Crippen LogP contribution in [-0.4, -0.2) is 18.6 Å². The minimum atomic E-state index is -0.225. The average Bonchev–Trinajstić information content (AvgIpc) is 2.45. The van der Waals surface area contributed by atoms with Crippen molar-refractivity contribution in [1.82, 2.24) is 4.98 Å². The molecular weight excluding hydrogens is 253 g/mol. The number of pyridine rings is 1. The fraction of sp³-hybridized carbons (Fsp3) is 0.312. The molecule has 0 amide bonds. The Hall–Kier alpha value is -1.94. The fourth-order valence-corrected chi connectivity index (χ4v) is 2.26. The third-order valence-corrected chi connectivity index (χ3v) is 3.38. The van der Waals surface area contributed by atoms with Crippen LogP contribution in [0.5, 0.6) is 0 Å². The monoisotopic (exact) mass is 273 g/mol. The fourth-order valence-electron chi connectivity index (χ4n) is 2.26. The number of rotatable bonds is 5. The van der Waals surface area contributed by atoms with Gasteiger partial charge in [0, 0.05) is 32.0 Å². The molecule has 20 heavy (non-hydrogen) atoms. The molecule has 3 nitrogen and oxygen atoms in total. The number of likely N-dealkylation sites (N-methyl/N-ethyl adjacent to an activating group) is 1. The molecule has 1 heterocycles. The van der Waals surface area contributed by atoms with Crippen molar-refractivity contribution < 1.29 is 4.39 Å². The predicted molar refractivity (Wildman–Crippen MR) is 80.2 cm³/mol. The summed E-state index contributed by atoms with van der Waals surface area (Å²) >= 11 is 0. The highest BCUT2D eigenvalue weighted by molar-refractivity contribution is 5.55. The Morgan fingerprint density at radius 1 is 1.25 bits per heavy atom. The van der Waals surface area contributed by atoms with E-state index in [9.17, 15) is 4.39 Å². The molecule has 2 aromatic rings. The van der Waals surface area contributed by atoms with Crippen molar-refractivity contribution in [2.24, 2.45) is 5.73 Å². The van der Waals surface area contributed by atoms with Crippen LogP contribution in [0.15, 0.2) is 42.7 Å². The number of hydrogen-bond acceptors (Lipinski definition) is 3. The molecule has 1 atom stereocenters. The Balaban J connectivity index is 2.15. The molecule has 0 radical (unpaired) electrons. The standard InChI is InChI=1S/C16H20FN3/c1-12(18)14-4-3-5-15(17)16(14)20(2)11-8-13-6-9-19-10-7-13/h3-7,9-10,12H,8,11,18H2,1-2H3/t12-/m1/s1. The summed E-state index contributed by atoms with van der Waals surface area (Å²) in [6.07, 6.45) is 4.38. The summed E-state index contributed by atoms with van der Waals surface area (Å²) in [6.45, 7) is 2.60. The minimum absolute atomic E-state index is 0.191. The molecule has 2 rings (SSSR count). The van der Waals surface area contributed by atoms with E-state index in [2.05, 4.69) is 4.98 Å². The van der Waals surface area contributed by atoms with Gasteiger partial charge in [0.15, 0.2) is 0 Å². The quantitative estimate of drug-likeness (QED) is 0.910. The zero-order valence-corrected chi connectivity index (χ0v) is 11.9. The van der Waals surface area contributed by atoms with E-state index in [1.54, 1.807) is 18.5 Å². The Morgan fingerprint density at radius 2 is 1.95 bits per heavy atom. The molecule has 106 valence electrons. The van der Waals surface area contributed by atoms with Gasteiger partial charge in [-0.15, -0.1) is 0 Å². The molecule has 0 aliphatic heterocycles. The van der Waals surface area contributed by atoms with Crippen molar-refractivity contribution in [3.05, 3.63) is 59.7 Å². The number of nitrogens with zero attached hydrogens (tertiary/aromatic N) is 2. The largest absolute Gasteiger partial charge is 0.372 e. The van der Waals surface area contributed by atoms with E-state index in [-0.39, 0.29) is 11.9 Å². The highest BCUT2D eigenvalue weighted by Gasteiger charge is 2.15. The zero-order valence-electron chi connectivity index (χ0n) is 11.9. The Morgan fingerprint density at radius 3 is 2.60 bits per heavy atom. The molecule has 0 saturated carbocycles. The lowest BCUT2D eigenvalue weighted by molar-refractivity contribution is 0.616. The van der Waals surface area contributed by atoms with E-state index >= 15 is 0 Å². The van der Waals surface area contributed by atoms with Crippen LogP contribution < -0.4 is 10.6 Å². The van der Waals surface area contributed by atoms with Gasteiger partial charge in [0.2, 0.25) is 0 Å². The second-order valence-electron chi connectivity index (χ2n) is 4.99. The molecule has 0 unspecified atom stereocenters. The summed E-state index contributed by atoms with van der Waals surface area (Å²) in [5, 5.41) is 0. The number of nitrogens with two attached hydrogens (primary N) is 1. The first kappa shape index (κ1) is 14.5. The lowest BCUT2D eigenvalue weighted by Crippen LogP contribution is -2.24. The van der Waals surface area contributed by atoms with Crippen LogP contribution in [0.25, 0.3) is 0 Å². The van der Waals surface area contributed by atoms with E-state index in [1.807, 2.05) is 37.1 Å². The van der Waals surface area contributed by atoms with Crippen molar-refractivity contribution >= 4 is 5.69 Å². The normalized spacial score (nSPS) is 12.2. The van der Waals surface area contributed by atoms with Crippen LogP contribution in [0.2, 0.25) is 0 Å². The van der Waals surface area contributed by atoms with Gasteiger partial charge in [-0.25, -0.2) is 4.39 Å². The van der Waals surface area contributed by atoms with E-state index in [0.29, 0.717) is 5.69 Å². The summed E-state index contributed by atoms with van der Waals surface area (Å²) in [5.74, 6) is -0.225. The van der Waals surface area contributed by atoms with Gasteiger partial charge >= 0.3 is 0 Å². The molecule has 2 N–H and O–H groups in total. The number of aromatic nitrogens is 1. The number of halogens is 1. The lowest BCUT2D eigenvalue weighted by atomic mass is 10.1. The molecule has 0 aliphatic rings. The molecule has 0 saturated heterocycles. The van der Waals surface area contributed by atoms with Gasteiger partial charge in [0.05, 0.1) is 5.69 Å². The van der Waals surface area contributed by atoms with Crippen LogP contribution in [0.3, 0.4) is 0 Å². The third kappa shape index (κ3) is 3.33. The molecule has 0 aliphatic carbocycles. The summed E-state index contributed by atoms with van der Waals surface area (Å²) in [6, 6.07) is 8.82. The van der Waals surface area contributed by atoms with Crippen molar-refractivity contribution in [2.45, 2.75) is 19.4 Å². The topological polar surface area (TPSA) is 42.1 Å². The van der Waals surface area contributed by atoms with Gasteiger partial charge in [-0.05, 0) is 42.7 Å². The summed E-state index contributed by atoms with van der Waals surface area (Å²) in [4.78, 5) is 5.92. The second kappa shape index (κ2) is 6.48. The minimum Gasteiger partial charge on any atom is -0.372 e. The molecule has 0 fully saturated rings. The first-order chi connectivity index (χ1) is 9.59. The van der Waals surface area contributed by atoms with Crippen LogP contribution in [-0.2, 0) is 6.42 Å². The van der Waals surface area contributed by atoms with E-state index in [4.69, 9.17) is 5.73 Å². The zero-order chi connectivity index (χ0) is 14.5. The number of benzene rings is 1. The summed E-state index contributed by atoms with van der Waals surface area (Å²) < 4.78 is 14.1. The van der Waals surface area contributed by atoms with Crippen LogP contribution in [0, 0.1) is 5.82 Å². The molecule has 4 heteroatoms. The van der Waals surface area contributed by atoms with Gasteiger partial charge in [-0.1, -0.05) is 12.1 Å². The molecule has 1 aromatic heterocycles. The third-order valence-electron chi connectivity index (χ3n) is 3.38. The Labute approximate surface area is 119 Å². The maximum atomic E-state index is 14.1. The maximum absolute atomic E-state index is 14.1. The van der Waals surface area contributed by atoms with E-state index in [1.165, 1.54) is 11.6 Å². The SMILES string of the molecule is C[C@@H](N)c1cccc(F)c1N(C)CCc1ccncc1. The lowest BCUT2D eigenvalue weighted by Gasteiger charge is -2.24. The molecule has 0 spiro atoms. The molecule has 1 aromatic carbocycles. The van der Waals surface area contributed by atoms with Gasteiger partial charge < -0.3 is 10.6 Å². The van der Waals surface area contributed by atoms with Gasteiger partial charge in [-0.2, -0.15) is 0 Å². The number of para-hydroxylation sites is 1. The molecular formula is C16H20FN3. The maximum Gasteiger partial charge on any atom is 0.146 e. The first-order valence-corrected chi connectivity index (χ1v) is 6.73. The van der Waals surface area contributed by atoms with Gasteiger partial charge in [0.25, 0.3) is 0 Å². The first-order valence-electron chi connectivity index (χ1n) is 6.73. The van der Waals surface area contributed by atoms with Crippen LogP contribution >= 0.6 is 0 Å². The van der Waals surface area contributed by atoms with Crippen molar-refractivity contribution in [3.8, 4) is 0 Å². The Bertz CT molecular complexity index is 555. The Kier molecular flexibility index (Phi) is 4.69. The summed E-state index contributed by atoms with van der Waals surface area (Å²) in [5.41, 5.74) is 8.54. The van der Waals surface area contributed by atoms with Gasteiger partial charge in [-0.3, -0.25) is 4.98 Å². The molecule has 0 bridgehead atoms. The average molecular weight is 273 g/mol. The highest BCUT2D eigenvalue weighted by Crippen LogP contribution is 2.27. The van der Waals surface area contributed by atoms with Crippen LogP contribution in [0.1, 0.15) is 24.1 Å². The smallest absolute Gasteiger partial charge is 0.146 e. The predicted octanol–water partition coefficient (Wildman–Crippen LogP) is 2.92. The van der Waals surface area contributed by atoms with E-state index in [0.717, 1.165) is 18.5 Å². The van der Waals surface area contributed by atoms with E-state index < -0.39 is 0 Å². The van der Waals surface area contributed by atoms with Gasteiger partial charge in [0.1, 0.15) is 5.82 Å². The summed E-state index contributed by atoms with van der Waals surface area (Å²) in [7, 11) is 1.89. The second-order valence-corrected chi connectivity index (χ2v) is 4.99. The van der Waals surface area contributed by atoms with Crippen LogP contribution in [0.4, 0.5) is 10.1 Å². The highest BCUT2D eigenvalue weighted by atomic mass is 19.1. The van der Waals surface area contributed by atoms with Crippen molar-refractivity contribution in [1.29, 1.82) is 0 Å². The van der Waals surface area contributed by atoms with Crippen molar-refractivity contribution in [3.63, 3.8) is 0 Å². The number of hydrogen-bond donors (Lipinski definition) is 1. The van der Waals surface area contributed by atoms with Crippen molar-refractivity contribution in [2.75, 3.05) is 18.5 Å².